The second kappa shape index (κ2) is 4.43. The first-order valence-corrected chi connectivity index (χ1v) is 4.69. The zero-order valence-corrected chi connectivity index (χ0v) is 8.40. The number of hydrogen-bond donors (Lipinski definition) is 4. The number of aromatic nitrogens is 5. The fraction of sp³-hybridized carbons (Fsp3) is 0.250. The Kier molecular flexibility index (Phi) is 2.81. The lowest BCUT2D eigenvalue weighted by atomic mass is 10.3. The average Bonchev–Trinajstić information content (AvgIpc) is 2.89. The van der Waals surface area contributed by atoms with Crippen LogP contribution in [0.4, 0.5) is 5.95 Å². The summed E-state index contributed by atoms with van der Waals surface area (Å²) in [6, 6.07) is 0. The maximum atomic E-state index is 11.5. The van der Waals surface area contributed by atoms with Crippen LogP contribution in [-0.4, -0.2) is 37.6 Å². The smallest absolute Gasteiger partial charge is 0.288 e. The molecule has 0 radical (unpaired) electrons. The molecule has 0 atom stereocenters. The summed E-state index contributed by atoms with van der Waals surface area (Å²) in [4.78, 5) is 22.0. The van der Waals surface area contributed by atoms with Crippen molar-refractivity contribution in [1.82, 2.24) is 30.5 Å². The predicted octanol–water partition coefficient (Wildman–Crippen LogP) is -0.918. The molecule has 0 aliphatic carbocycles. The second-order valence-electron chi connectivity index (χ2n) is 3.12. The fourth-order valence-electron chi connectivity index (χ4n) is 1.19. The highest BCUT2D eigenvalue weighted by Crippen LogP contribution is 1.94. The molecule has 0 fully saturated rings. The molecule has 8 nitrogen and oxygen atoms in total. The Balaban J connectivity index is 1.80. The van der Waals surface area contributed by atoms with Crippen LogP contribution in [0.2, 0.25) is 0 Å². The number of imidazole rings is 1. The number of rotatable bonds is 4. The summed E-state index contributed by atoms with van der Waals surface area (Å²) in [7, 11) is 0. The summed E-state index contributed by atoms with van der Waals surface area (Å²) in [5, 5.41) is 8.67. The monoisotopic (exact) mass is 221 g/mol. The van der Waals surface area contributed by atoms with Gasteiger partial charge >= 0.3 is 0 Å². The summed E-state index contributed by atoms with van der Waals surface area (Å²) in [5.74, 6) is -0.162. The standard InChI is InChI=1S/C8H11N7O/c9-8-13-6(14-15-8)7(16)11-2-1-5-3-10-4-12-5/h3-4H,1-2H2,(H,10,12)(H,11,16)(H3,9,13,14,15). The van der Waals surface area contributed by atoms with Gasteiger partial charge in [0.2, 0.25) is 11.8 Å². The third-order valence-corrected chi connectivity index (χ3v) is 1.95. The van der Waals surface area contributed by atoms with Gasteiger partial charge in [-0.1, -0.05) is 0 Å². The molecular formula is C8H11N7O. The van der Waals surface area contributed by atoms with E-state index in [0.29, 0.717) is 13.0 Å². The lowest BCUT2D eigenvalue weighted by Crippen LogP contribution is -2.26. The maximum Gasteiger partial charge on any atom is 0.288 e. The summed E-state index contributed by atoms with van der Waals surface area (Å²) in [6.07, 6.45) is 3.97. The van der Waals surface area contributed by atoms with Crippen molar-refractivity contribution in [2.75, 3.05) is 12.3 Å². The maximum absolute atomic E-state index is 11.5. The average molecular weight is 221 g/mol. The number of nitrogen functional groups attached to an aromatic ring is 1. The van der Waals surface area contributed by atoms with Crippen LogP contribution in [0.3, 0.4) is 0 Å². The Morgan fingerprint density at radius 1 is 1.56 bits per heavy atom. The number of aromatic amines is 2. The first kappa shape index (κ1) is 10.1. The highest BCUT2D eigenvalue weighted by atomic mass is 16.2. The molecule has 2 aromatic rings. The molecule has 5 N–H and O–H groups in total. The van der Waals surface area contributed by atoms with E-state index in [0.717, 1.165) is 5.69 Å². The molecule has 8 heteroatoms. The molecule has 2 rings (SSSR count). The largest absolute Gasteiger partial charge is 0.366 e. The molecule has 0 aliphatic heterocycles. The predicted molar refractivity (Wildman–Crippen MR) is 55.4 cm³/mol. The minimum absolute atomic E-state index is 0.0544. The van der Waals surface area contributed by atoms with Crippen LogP contribution in [0.5, 0.6) is 0 Å². The molecule has 16 heavy (non-hydrogen) atoms. The van der Waals surface area contributed by atoms with E-state index in [9.17, 15) is 4.79 Å². The number of anilines is 1. The number of carbonyl (C=O) groups is 1. The SMILES string of the molecule is Nc1n[nH]c(C(=O)NCCc2cnc[nH]2)n1. The van der Waals surface area contributed by atoms with Crippen LogP contribution in [0.1, 0.15) is 16.3 Å². The number of nitrogens with two attached hydrogens (primary N) is 1. The van der Waals surface area contributed by atoms with Gasteiger partial charge in [-0.3, -0.25) is 9.89 Å². The molecule has 0 saturated carbocycles. The number of amides is 1. The number of nitrogens with one attached hydrogen (secondary N) is 3. The van der Waals surface area contributed by atoms with Gasteiger partial charge in [-0.2, -0.15) is 4.98 Å². The zero-order valence-electron chi connectivity index (χ0n) is 8.40. The molecule has 84 valence electrons. The molecule has 0 aromatic carbocycles. The zero-order chi connectivity index (χ0) is 11.4. The molecule has 0 unspecified atom stereocenters. The van der Waals surface area contributed by atoms with Crippen LogP contribution >= 0.6 is 0 Å². The number of nitrogens with zero attached hydrogens (tertiary/aromatic N) is 3. The van der Waals surface area contributed by atoms with E-state index >= 15 is 0 Å². The lowest BCUT2D eigenvalue weighted by molar-refractivity contribution is 0.0944. The lowest BCUT2D eigenvalue weighted by Gasteiger charge is -2.00. The minimum Gasteiger partial charge on any atom is -0.366 e. The van der Waals surface area contributed by atoms with Gasteiger partial charge in [-0.25, -0.2) is 4.98 Å². The van der Waals surface area contributed by atoms with E-state index in [1.165, 1.54) is 0 Å². The topological polar surface area (TPSA) is 125 Å². The van der Waals surface area contributed by atoms with Crippen LogP contribution in [0.25, 0.3) is 0 Å². The summed E-state index contributed by atoms with van der Waals surface area (Å²) in [6.45, 7) is 0.488. The highest BCUT2D eigenvalue weighted by Gasteiger charge is 2.09. The first-order valence-electron chi connectivity index (χ1n) is 4.69. The van der Waals surface area contributed by atoms with Gasteiger partial charge in [-0.15, -0.1) is 5.10 Å². The van der Waals surface area contributed by atoms with Gasteiger partial charge in [0.25, 0.3) is 5.91 Å². The van der Waals surface area contributed by atoms with Crippen molar-refractivity contribution >= 4 is 11.9 Å². The quantitative estimate of drug-likeness (QED) is 0.531. The Morgan fingerprint density at radius 2 is 2.44 bits per heavy atom. The number of carbonyl (C=O) groups excluding carboxylic acids is 1. The van der Waals surface area contributed by atoms with Crippen LogP contribution < -0.4 is 11.1 Å². The van der Waals surface area contributed by atoms with E-state index in [-0.39, 0.29) is 17.7 Å². The van der Waals surface area contributed by atoms with Crippen LogP contribution in [0.15, 0.2) is 12.5 Å². The van der Waals surface area contributed by atoms with Crippen molar-refractivity contribution < 1.29 is 4.79 Å². The van der Waals surface area contributed by atoms with Crippen molar-refractivity contribution in [3.05, 3.63) is 24.0 Å². The molecule has 0 saturated heterocycles. The van der Waals surface area contributed by atoms with Gasteiger partial charge in [0.05, 0.1) is 6.33 Å². The van der Waals surface area contributed by atoms with Crippen LogP contribution in [-0.2, 0) is 6.42 Å². The van der Waals surface area contributed by atoms with Crippen molar-refractivity contribution in [2.45, 2.75) is 6.42 Å². The van der Waals surface area contributed by atoms with Crippen molar-refractivity contribution in [3.63, 3.8) is 0 Å². The molecule has 1 amide bonds. The third-order valence-electron chi connectivity index (χ3n) is 1.95. The number of hydrogen-bond acceptors (Lipinski definition) is 5. The van der Waals surface area contributed by atoms with Gasteiger partial charge in [0, 0.05) is 24.9 Å². The Hall–Kier alpha value is -2.38. The van der Waals surface area contributed by atoms with E-state index in [1.807, 2.05) is 0 Å². The Labute approximate surface area is 90.7 Å². The Morgan fingerprint density at radius 3 is 3.06 bits per heavy atom. The molecule has 0 bridgehead atoms. The van der Waals surface area contributed by atoms with Crippen molar-refractivity contribution in [3.8, 4) is 0 Å². The van der Waals surface area contributed by atoms with E-state index in [4.69, 9.17) is 5.73 Å². The number of H-pyrrole nitrogens is 2. The molecule has 2 heterocycles. The molecule has 0 aliphatic rings. The molecule has 0 spiro atoms. The first-order chi connectivity index (χ1) is 7.75. The second-order valence-corrected chi connectivity index (χ2v) is 3.12. The van der Waals surface area contributed by atoms with Gasteiger partial charge in [0.15, 0.2) is 0 Å². The third kappa shape index (κ3) is 2.35. The molecular weight excluding hydrogens is 210 g/mol. The Bertz CT molecular complexity index is 460. The van der Waals surface area contributed by atoms with E-state index < -0.39 is 0 Å². The highest BCUT2D eigenvalue weighted by molar-refractivity contribution is 5.90. The minimum atomic E-state index is -0.330. The summed E-state index contributed by atoms with van der Waals surface area (Å²) in [5.41, 5.74) is 6.23. The van der Waals surface area contributed by atoms with E-state index in [1.54, 1.807) is 12.5 Å². The van der Waals surface area contributed by atoms with Crippen molar-refractivity contribution in [2.24, 2.45) is 0 Å². The summed E-state index contributed by atoms with van der Waals surface area (Å²) >= 11 is 0. The van der Waals surface area contributed by atoms with Gasteiger partial charge < -0.3 is 16.0 Å². The van der Waals surface area contributed by atoms with Crippen molar-refractivity contribution in [1.29, 1.82) is 0 Å². The van der Waals surface area contributed by atoms with Gasteiger partial charge in [-0.05, 0) is 0 Å². The molecule has 2 aromatic heterocycles. The van der Waals surface area contributed by atoms with Gasteiger partial charge in [0.1, 0.15) is 0 Å². The summed E-state index contributed by atoms with van der Waals surface area (Å²) < 4.78 is 0. The normalized spacial score (nSPS) is 10.2. The van der Waals surface area contributed by atoms with E-state index in [2.05, 4.69) is 30.5 Å². The fourth-order valence-corrected chi connectivity index (χ4v) is 1.19. The van der Waals surface area contributed by atoms with Crippen LogP contribution in [0, 0.1) is 0 Å².